The van der Waals surface area contributed by atoms with Crippen molar-refractivity contribution in [1.82, 2.24) is 0 Å². The maximum absolute atomic E-state index is 8.40. The monoisotopic (exact) mass is 248 g/mol. The Labute approximate surface area is 106 Å². The van der Waals surface area contributed by atoms with Crippen molar-refractivity contribution < 1.29 is 17.2 Å². The minimum atomic E-state index is -2.28. The van der Waals surface area contributed by atoms with E-state index >= 15 is 0 Å². The summed E-state index contributed by atoms with van der Waals surface area (Å²) in [4.78, 5) is 16.8. The van der Waals surface area contributed by atoms with E-state index in [9.17, 15) is 0 Å². The van der Waals surface area contributed by atoms with Gasteiger partial charge in [0, 0.05) is 0 Å². The third-order valence-corrected chi connectivity index (χ3v) is 1.30. The van der Waals surface area contributed by atoms with Crippen molar-refractivity contribution in [2.75, 3.05) is 0 Å². The molecule has 0 spiro atoms. The summed E-state index contributed by atoms with van der Waals surface area (Å²) in [6.07, 6.45) is 0. The molecule has 0 fully saturated rings. The molecule has 1 aromatic carbocycles. The molecule has 1 aromatic rings. The van der Waals surface area contributed by atoms with Crippen molar-refractivity contribution in [3.05, 3.63) is 30.3 Å². The van der Waals surface area contributed by atoms with Gasteiger partial charge in [-0.2, -0.15) is 0 Å². The van der Waals surface area contributed by atoms with Gasteiger partial charge < -0.3 is 17.2 Å². The molecule has 1 rings (SSSR count). The largest absolute Gasteiger partial charge is 2.00 e. The molecule has 0 bridgehead atoms. The van der Waals surface area contributed by atoms with E-state index in [0.29, 0.717) is 5.75 Å². The first kappa shape index (κ1) is 11.9. The molecular weight excluding hydrogens is 239 g/mol. The van der Waals surface area contributed by atoms with Crippen LogP contribution in [0.1, 0.15) is 2.85 Å². The topological polar surface area (TPSA) is 49.7 Å². The minimum Gasteiger partial charge on any atom is -1.00 e. The van der Waals surface area contributed by atoms with Gasteiger partial charge in [0.2, 0.25) is 0 Å². The smallest absolute Gasteiger partial charge is 1.00 e. The quantitative estimate of drug-likeness (QED) is 0.608. The summed E-state index contributed by atoms with van der Waals surface area (Å²) < 4.78 is 4.59. The zero-order chi connectivity index (χ0) is 7.40. The molecule has 2 N–H and O–H groups in total. The predicted octanol–water partition coefficient (Wildman–Crippen LogP) is 1.12. The Morgan fingerprint density at radius 1 is 1.18 bits per heavy atom. The molecule has 0 heterocycles. The van der Waals surface area contributed by atoms with Crippen molar-refractivity contribution in [2.24, 2.45) is 0 Å². The van der Waals surface area contributed by atoms with Crippen molar-refractivity contribution in [2.45, 2.75) is 0 Å². The number of benzene rings is 1. The van der Waals surface area contributed by atoms with Crippen LogP contribution in [0.2, 0.25) is 0 Å². The fourth-order valence-corrected chi connectivity index (χ4v) is 0.886. The summed E-state index contributed by atoms with van der Waals surface area (Å²) in [5.74, 6) is 0.471. The summed E-state index contributed by atoms with van der Waals surface area (Å²) in [5.41, 5.74) is 0. The molecule has 0 aliphatic rings. The van der Waals surface area contributed by atoms with Gasteiger partial charge in [-0.25, -0.2) is 0 Å². The molecule has 11 heavy (non-hydrogen) atoms. The number of para-hydroxylation sites is 1. The molecule has 0 atom stereocenters. The molecule has 0 radical (unpaired) electrons. The van der Waals surface area contributed by atoms with Gasteiger partial charge in [0.05, 0.1) is 0 Å². The second-order valence-corrected chi connectivity index (χ2v) is 2.35. The van der Waals surface area contributed by atoms with Crippen molar-refractivity contribution >= 4 is 54.1 Å². The molecule has 0 aliphatic carbocycles. The average molecular weight is 248 g/mol. The first-order valence-corrected chi connectivity index (χ1v) is 3.86. The van der Waals surface area contributed by atoms with Crippen LogP contribution < -0.4 is 4.52 Å². The molecule has 58 valence electrons. The van der Waals surface area contributed by atoms with Crippen LogP contribution in [-0.2, 0) is 0 Å². The van der Waals surface area contributed by atoms with Crippen LogP contribution in [0.4, 0.5) is 0 Å². The Morgan fingerprint density at radius 3 is 2.18 bits per heavy atom. The normalized spacial score (nSPS) is 9.00. The molecule has 0 saturated heterocycles. The fraction of sp³-hybridized carbons (Fsp3) is 0. The summed E-state index contributed by atoms with van der Waals surface area (Å²) in [5, 5.41) is 0. The van der Waals surface area contributed by atoms with Crippen LogP contribution in [0.25, 0.3) is 0 Å². The van der Waals surface area contributed by atoms with Gasteiger partial charge in [0.1, 0.15) is 5.75 Å². The van der Waals surface area contributed by atoms with Crippen LogP contribution in [0.15, 0.2) is 30.3 Å². The van der Waals surface area contributed by atoms with Gasteiger partial charge in [0.15, 0.2) is 0 Å². The predicted molar refractivity (Wildman–Crippen MR) is 46.4 cm³/mol. The van der Waals surface area contributed by atoms with Crippen LogP contribution >= 0.6 is 8.60 Å². The first-order valence-electron chi connectivity index (χ1n) is 2.70. The van der Waals surface area contributed by atoms with E-state index in [2.05, 4.69) is 4.52 Å². The number of hydrogen-bond donors (Lipinski definition) is 2. The molecule has 0 aromatic heterocycles. The maximum atomic E-state index is 8.40. The van der Waals surface area contributed by atoms with Gasteiger partial charge in [-0.15, -0.1) is 0 Å². The van der Waals surface area contributed by atoms with Crippen molar-refractivity contribution in [1.29, 1.82) is 0 Å². The first-order chi connectivity index (χ1) is 4.79. The van der Waals surface area contributed by atoms with E-state index in [0.717, 1.165) is 0 Å². The molecule has 0 aliphatic heterocycles. The van der Waals surface area contributed by atoms with Crippen LogP contribution in [0.5, 0.6) is 5.75 Å². The zero-order valence-corrected chi connectivity index (χ0v) is 10.2. The third kappa shape index (κ3) is 5.15. The number of hydrogen-bond acceptors (Lipinski definition) is 3. The SMILES string of the molecule is OP(O)Oc1ccccc1.[H-].[H-].[Sr+2]. The Bertz CT molecular complexity index is 200. The molecule has 3 nitrogen and oxygen atoms in total. The summed E-state index contributed by atoms with van der Waals surface area (Å²) >= 11 is 0. The average Bonchev–Trinajstić information content (AvgIpc) is 1.88. The zero-order valence-electron chi connectivity index (χ0n) is 7.84. The van der Waals surface area contributed by atoms with Gasteiger partial charge in [-0.1, -0.05) is 18.2 Å². The molecular formula is C6H9O3PSr. The second-order valence-electron chi connectivity index (χ2n) is 1.66. The Hall–Kier alpha value is 0.851. The molecule has 0 saturated carbocycles. The van der Waals surface area contributed by atoms with Gasteiger partial charge in [-0.3, -0.25) is 0 Å². The van der Waals surface area contributed by atoms with Gasteiger partial charge in [0.25, 0.3) is 0 Å². The van der Waals surface area contributed by atoms with E-state index in [-0.39, 0.29) is 48.3 Å². The summed E-state index contributed by atoms with van der Waals surface area (Å²) in [6, 6.07) is 8.65. The molecule has 5 heteroatoms. The Kier molecular flexibility index (Phi) is 6.87. The fourth-order valence-electron chi connectivity index (χ4n) is 0.576. The minimum absolute atomic E-state index is 0. The second kappa shape index (κ2) is 6.38. The van der Waals surface area contributed by atoms with Crippen molar-refractivity contribution in [3.8, 4) is 5.75 Å². The standard InChI is InChI=1S/C6H7O3P.Sr.2H/c7-10(8)9-6-4-2-1-3-5-6;;;/h1-5,7-8H;;;/q;+2;2*-1. The van der Waals surface area contributed by atoms with E-state index in [1.54, 1.807) is 24.3 Å². The molecule has 0 unspecified atom stereocenters. The third-order valence-electron chi connectivity index (χ3n) is 0.930. The van der Waals surface area contributed by atoms with E-state index in [1.807, 2.05) is 6.07 Å². The van der Waals surface area contributed by atoms with Crippen LogP contribution in [0.3, 0.4) is 0 Å². The van der Waals surface area contributed by atoms with E-state index in [4.69, 9.17) is 9.79 Å². The Balaban J connectivity index is -0.000000333. The number of rotatable bonds is 2. The summed E-state index contributed by atoms with van der Waals surface area (Å²) in [6.45, 7) is 0. The van der Waals surface area contributed by atoms with E-state index < -0.39 is 8.60 Å². The van der Waals surface area contributed by atoms with Gasteiger partial charge >= 0.3 is 54.1 Å². The Morgan fingerprint density at radius 2 is 1.73 bits per heavy atom. The van der Waals surface area contributed by atoms with Crippen LogP contribution in [0, 0.1) is 0 Å². The molecule has 0 amide bonds. The van der Waals surface area contributed by atoms with E-state index in [1.165, 1.54) is 0 Å². The van der Waals surface area contributed by atoms with Crippen LogP contribution in [-0.4, -0.2) is 55.3 Å². The maximum Gasteiger partial charge on any atom is 2.00 e. The summed E-state index contributed by atoms with van der Waals surface area (Å²) in [7, 11) is -2.28. The van der Waals surface area contributed by atoms with Gasteiger partial charge in [-0.05, 0) is 12.1 Å². The van der Waals surface area contributed by atoms with Crippen molar-refractivity contribution in [3.63, 3.8) is 0 Å².